The number of benzene rings is 2. The molecule has 2 nitrogen and oxygen atoms in total. The Morgan fingerprint density at radius 1 is 0.909 bits per heavy atom. The van der Waals surface area contributed by atoms with Gasteiger partial charge in [0.15, 0.2) is 0 Å². The highest BCUT2D eigenvalue weighted by Crippen LogP contribution is 2.49. The zero-order valence-corrected chi connectivity index (χ0v) is 14.1. The van der Waals surface area contributed by atoms with Crippen LogP contribution in [-0.4, -0.2) is 19.0 Å². The quantitative estimate of drug-likeness (QED) is 0.861. The molecular weight excluding hydrogens is 268 g/mol. The molecule has 2 aromatic rings. The molecule has 0 fully saturated rings. The first-order valence-electron chi connectivity index (χ1n) is 8.25. The van der Waals surface area contributed by atoms with Crippen molar-refractivity contribution in [1.82, 2.24) is 4.90 Å². The predicted molar refractivity (Wildman–Crippen MR) is 94.9 cm³/mol. The lowest BCUT2D eigenvalue weighted by Gasteiger charge is -2.40. The molecule has 0 radical (unpaired) electrons. The van der Waals surface area contributed by atoms with Gasteiger partial charge in [0.05, 0.1) is 0 Å². The first kappa shape index (κ1) is 15.1. The summed E-state index contributed by atoms with van der Waals surface area (Å²) in [6.45, 7) is 5.61. The van der Waals surface area contributed by atoms with Crippen molar-refractivity contribution in [2.24, 2.45) is 0 Å². The fourth-order valence-corrected chi connectivity index (χ4v) is 3.87. The van der Waals surface area contributed by atoms with Gasteiger partial charge < -0.3 is 10.2 Å². The topological polar surface area (TPSA) is 15.3 Å². The SMILES string of the molecule is CCC1(CC)c2ccccc2Nc2ccc(CN(C)C)cc21. The van der Waals surface area contributed by atoms with Gasteiger partial charge in [0.2, 0.25) is 0 Å². The van der Waals surface area contributed by atoms with Crippen LogP contribution in [0.5, 0.6) is 0 Å². The van der Waals surface area contributed by atoms with Crippen molar-refractivity contribution in [2.45, 2.75) is 38.6 Å². The molecule has 0 unspecified atom stereocenters. The average molecular weight is 294 g/mol. The van der Waals surface area contributed by atoms with E-state index in [9.17, 15) is 0 Å². The van der Waals surface area contributed by atoms with Crippen LogP contribution in [0.4, 0.5) is 11.4 Å². The van der Waals surface area contributed by atoms with Crippen LogP contribution in [0.3, 0.4) is 0 Å². The number of nitrogens with zero attached hydrogens (tertiary/aromatic N) is 1. The Bertz CT molecular complexity index is 669. The molecule has 0 saturated heterocycles. The molecule has 0 saturated carbocycles. The van der Waals surface area contributed by atoms with E-state index in [0.29, 0.717) is 0 Å². The number of rotatable bonds is 4. The van der Waals surface area contributed by atoms with Crippen molar-refractivity contribution < 1.29 is 0 Å². The lowest BCUT2D eigenvalue weighted by molar-refractivity contribution is 0.401. The number of hydrogen-bond acceptors (Lipinski definition) is 2. The summed E-state index contributed by atoms with van der Waals surface area (Å²) in [5, 5.41) is 3.63. The van der Waals surface area contributed by atoms with Gasteiger partial charge in [-0.3, -0.25) is 0 Å². The molecule has 22 heavy (non-hydrogen) atoms. The smallest absolute Gasteiger partial charge is 0.0426 e. The molecule has 3 rings (SSSR count). The Morgan fingerprint density at radius 3 is 2.27 bits per heavy atom. The number of para-hydroxylation sites is 1. The van der Waals surface area contributed by atoms with Gasteiger partial charge in [-0.2, -0.15) is 0 Å². The molecule has 0 bridgehead atoms. The monoisotopic (exact) mass is 294 g/mol. The lowest BCUT2D eigenvalue weighted by Crippen LogP contribution is -2.31. The first-order valence-corrected chi connectivity index (χ1v) is 8.25. The molecule has 0 aromatic heterocycles. The summed E-state index contributed by atoms with van der Waals surface area (Å²) in [4.78, 5) is 2.23. The molecule has 1 aliphatic heterocycles. The molecule has 0 spiro atoms. The minimum atomic E-state index is 0.125. The van der Waals surface area contributed by atoms with E-state index in [-0.39, 0.29) is 5.41 Å². The van der Waals surface area contributed by atoms with E-state index in [2.05, 4.69) is 80.6 Å². The molecule has 116 valence electrons. The summed E-state index contributed by atoms with van der Waals surface area (Å²) in [5.74, 6) is 0. The van der Waals surface area contributed by atoms with Crippen molar-refractivity contribution in [2.75, 3.05) is 19.4 Å². The summed E-state index contributed by atoms with van der Waals surface area (Å²) in [5.41, 5.74) is 6.93. The zero-order valence-electron chi connectivity index (χ0n) is 14.1. The Kier molecular flexibility index (Phi) is 3.96. The number of fused-ring (bicyclic) bond motifs is 2. The van der Waals surface area contributed by atoms with Crippen LogP contribution >= 0.6 is 0 Å². The van der Waals surface area contributed by atoms with E-state index in [4.69, 9.17) is 0 Å². The van der Waals surface area contributed by atoms with Crippen molar-refractivity contribution in [3.05, 3.63) is 59.2 Å². The second-order valence-electron chi connectivity index (χ2n) is 6.58. The largest absolute Gasteiger partial charge is 0.355 e. The Hall–Kier alpha value is -1.80. The van der Waals surface area contributed by atoms with Crippen LogP contribution < -0.4 is 5.32 Å². The number of nitrogens with one attached hydrogen (secondary N) is 1. The highest BCUT2D eigenvalue weighted by molar-refractivity contribution is 5.76. The van der Waals surface area contributed by atoms with Gasteiger partial charge in [-0.25, -0.2) is 0 Å². The standard InChI is InChI=1S/C20H26N2/c1-5-20(6-2)16-9-7-8-10-18(16)21-19-12-11-15(13-17(19)20)14-22(3)4/h7-13,21H,5-6,14H2,1-4H3. The van der Waals surface area contributed by atoms with Crippen LogP contribution in [0, 0.1) is 0 Å². The van der Waals surface area contributed by atoms with E-state index in [1.165, 1.54) is 28.1 Å². The summed E-state index contributed by atoms with van der Waals surface area (Å²) in [7, 11) is 4.25. The molecule has 1 N–H and O–H groups in total. The van der Waals surface area contributed by atoms with Gasteiger partial charge in [0.25, 0.3) is 0 Å². The van der Waals surface area contributed by atoms with Crippen molar-refractivity contribution in [3.8, 4) is 0 Å². The molecule has 2 aromatic carbocycles. The van der Waals surface area contributed by atoms with Crippen LogP contribution in [0.15, 0.2) is 42.5 Å². The Balaban J connectivity index is 2.17. The van der Waals surface area contributed by atoms with Gasteiger partial charge in [0, 0.05) is 23.3 Å². The second kappa shape index (κ2) is 5.77. The summed E-state index contributed by atoms with van der Waals surface area (Å²) in [6, 6.07) is 15.7. The Labute approximate surface area is 134 Å². The third-order valence-corrected chi connectivity index (χ3v) is 5.02. The van der Waals surface area contributed by atoms with Crippen molar-refractivity contribution >= 4 is 11.4 Å². The maximum absolute atomic E-state index is 3.63. The first-order chi connectivity index (χ1) is 10.6. The molecule has 1 heterocycles. The minimum absolute atomic E-state index is 0.125. The van der Waals surface area contributed by atoms with E-state index in [1.807, 2.05) is 0 Å². The maximum atomic E-state index is 3.63. The lowest BCUT2D eigenvalue weighted by atomic mass is 9.67. The van der Waals surface area contributed by atoms with Gasteiger partial charge in [-0.05, 0) is 55.8 Å². The van der Waals surface area contributed by atoms with E-state index in [0.717, 1.165) is 19.4 Å². The minimum Gasteiger partial charge on any atom is -0.355 e. The summed E-state index contributed by atoms with van der Waals surface area (Å²) in [6.07, 6.45) is 2.25. The highest BCUT2D eigenvalue weighted by atomic mass is 15.0. The molecular formula is C20H26N2. The fourth-order valence-electron chi connectivity index (χ4n) is 3.87. The predicted octanol–water partition coefficient (Wildman–Crippen LogP) is 4.91. The highest BCUT2D eigenvalue weighted by Gasteiger charge is 2.37. The van der Waals surface area contributed by atoms with Crippen LogP contribution in [0.1, 0.15) is 43.4 Å². The van der Waals surface area contributed by atoms with Crippen LogP contribution in [0.2, 0.25) is 0 Å². The Morgan fingerprint density at radius 2 is 1.59 bits per heavy atom. The fraction of sp³-hybridized carbons (Fsp3) is 0.400. The third-order valence-electron chi connectivity index (χ3n) is 5.02. The molecule has 0 aliphatic carbocycles. The molecule has 0 atom stereocenters. The maximum Gasteiger partial charge on any atom is 0.0426 e. The van der Waals surface area contributed by atoms with Gasteiger partial charge >= 0.3 is 0 Å². The van der Waals surface area contributed by atoms with Crippen LogP contribution in [-0.2, 0) is 12.0 Å². The van der Waals surface area contributed by atoms with Gasteiger partial charge in [-0.1, -0.05) is 44.2 Å². The molecule has 0 amide bonds. The summed E-state index contributed by atoms with van der Waals surface area (Å²) >= 11 is 0. The average Bonchev–Trinajstić information content (AvgIpc) is 2.52. The van der Waals surface area contributed by atoms with E-state index in [1.54, 1.807) is 0 Å². The summed E-state index contributed by atoms with van der Waals surface area (Å²) < 4.78 is 0. The molecule has 1 aliphatic rings. The third kappa shape index (κ3) is 2.32. The zero-order chi connectivity index (χ0) is 15.7. The number of anilines is 2. The van der Waals surface area contributed by atoms with E-state index < -0.39 is 0 Å². The van der Waals surface area contributed by atoms with Gasteiger partial charge in [-0.15, -0.1) is 0 Å². The normalized spacial score (nSPS) is 15.1. The van der Waals surface area contributed by atoms with Crippen molar-refractivity contribution in [3.63, 3.8) is 0 Å². The second-order valence-corrected chi connectivity index (χ2v) is 6.58. The van der Waals surface area contributed by atoms with E-state index >= 15 is 0 Å². The van der Waals surface area contributed by atoms with Crippen LogP contribution in [0.25, 0.3) is 0 Å². The van der Waals surface area contributed by atoms with Gasteiger partial charge in [0.1, 0.15) is 0 Å². The molecule has 2 heteroatoms. The van der Waals surface area contributed by atoms with Crippen molar-refractivity contribution in [1.29, 1.82) is 0 Å². The number of hydrogen-bond donors (Lipinski definition) is 1.